The molecule has 0 fully saturated rings. The summed E-state index contributed by atoms with van der Waals surface area (Å²) in [7, 11) is 0. The average molecular weight is 250 g/mol. The average Bonchev–Trinajstić information content (AvgIpc) is 2.72. The number of aromatic nitrogens is 3. The summed E-state index contributed by atoms with van der Waals surface area (Å²) in [6, 6.07) is 1.47. The highest BCUT2D eigenvalue weighted by Crippen LogP contribution is 2.12. The molecule has 2 N–H and O–H groups in total. The third-order valence-electron chi connectivity index (χ3n) is 2.24. The van der Waals surface area contributed by atoms with Gasteiger partial charge in [-0.05, 0) is 6.92 Å². The highest BCUT2D eigenvalue weighted by atomic mass is 32.1. The van der Waals surface area contributed by atoms with Gasteiger partial charge in [0.1, 0.15) is 11.6 Å². The van der Waals surface area contributed by atoms with Crippen LogP contribution in [0.5, 0.6) is 0 Å². The highest BCUT2D eigenvalue weighted by Gasteiger charge is 2.01. The van der Waals surface area contributed by atoms with Gasteiger partial charge in [0.25, 0.3) is 5.56 Å². The maximum Gasteiger partial charge on any atom is 0.252 e. The number of nitrogens with one attached hydrogen (secondary N) is 2. The van der Waals surface area contributed by atoms with Crippen molar-refractivity contribution < 1.29 is 0 Å². The van der Waals surface area contributed by atoms with E-state index in [0.717, 1.165) is 9.88 Å². The number of rotatable bonds is 4. The molecule has 0 unspecified atom stereocenters. The van der Waals surface area contributed by atoms with E-state index >= 15 is 0 Å². The number of H-pyrrole nitrogens is 1. The van der Waals surface area contributed by atoms with Crippen LogP contribution < -0.4 is 10.9 Å². The summed E-state index contributed by atoms with van der Waals surface area (Å²) < 4.78 is 0. The van der Waals surface area contributed by atoms with Crippen molar-refractivity contribution in [2.75, 3.05) is 5.32 Å². The van der Waals surface area contributed by atoms with Gasteiger partial charge in [0.15, 0.2) is 0 Å². The molecule has 6 heteroatoms. The van der Waals surface area contributed by atoms with Crippen LogP contribution in [0.2, 0.25) is 0 Å². The second kappa shape index (κ2) is 5.09. The van der Waals surface area contributed by atoms with Gasteiger partial charge in [0.05, 0.1) is 11.6 Å². The fourth-order valence-corrected chi connectivity index (χ4v) is 2.17. The standard InChI is InChI=1S/C11H14N4OS/c1-3-9-14-10(4-11(16)15-9)13-6-8-5-12-7(2)17-8/h4-5H,3,6H2,1-2H3,(H2,13,14,15,16). The predicted octanol–water partition coefficient (Wildman–Crippen LogP) is 1.71. The Morgan fingerprint density at radius 3 is 3.00 bits per heavy atom. The Kier molecular flexibility index (Phi) is 3.53. The molecule has 0 aromatic carbocycles. The summed E-state index contributed by atoms with van der Waals surface area (Å²) in [5.41, 5.74) is -0.125. The van der Waals surface area contributed by atoms with E-state index in [1.165, 1.54) is 6.07 Å². The smallest absolute Gasteiger partial charge is 0.252 e. The number of hydrogen-bond acceptors (Lipinski definition) is 5. The molecule has 0 atom stereocenters. The minimum atomic E-state index is -0.125. The van der Waals surface area contributed by atoms with Crippen molar-refractivity contribution in [2.45, 2.75) is 26.8 Å². The van der Waals surface area contributed by atoms with Gasteiger partial charge in [-0.2, -0.15) is 0 Å². The molecule has 0 saturated carbocycles. The largest absolute Gasteiger partial charge is 0.365 e. The molecule has 0 saturated heterocycles. The van der Waals surface area contributed by atoms with E-state index in [0.29, 0.717) is 24.6 Å². The molecule has 2 aromatic rings. The van der Waals surface area contributed by atoms with Crippen LogP contribution in [0.1, 0.15) is 22.6 Å². The Morgan fingerprint density at radius 1 is 1.53 bits per heavy atom. The van der Waals surface area contributed by atoms with Gasteiger partial charge in [-0.25, -0.2) is 9.97 Å². The van der Waals surface area contributed by atoms with Gasteiger partial charge in [0, 0.05) is 23.6 Å². The number of aryl methyl sites for hydroxylation is 2. The maximum atomic E-state index is 11.3. The third-order valence-corrected chi connectivity index (χ3v) is 3.15. The fourth-order valence-electron chi connectivity index (χ4n) is 1.43. The lowest BCUT2D eigenvalue weighted by molar-refractivity contribution is 0.915. The van der Waals surface area contributed by atoms with Crippen LogP contribution in [0.15, 0.2) is 17.1 Å². The van der Waals surface area contributed by atoms with Crippen molar-refractivity contribution in [1.29, 1.82) is 0 Å². The Bertz CT molecular complexity index is 561. The van der Waals surface area contributed by atoms with E-state index in [1.54, 1.807) is 11.3 Å². The lowest BCUT2D eigenvalue weighted by atomic mass is 10.4. The molecule has 0 aliphatic rings. The van der Waals surface area contributed by atoms with Crippen molar-refractivity contribution in [2.24, 2.45) is 0 Å². The topological polar surface area (TPSA) is 70.7 Å². The number of thiazole rings is 1. The van der Waals surface area contributed by atoms with E-state index in [2.05, 4.69) is 20.3 Å². The minimum Gasteiger partial charge on any atom is -0.365 e. The summed E-state index contributed by atoms with van der Waals surface area (Å²) in [5.74, 6) is 1.30. The number of hydrogen-bond donors (Lipinski definition) is 2. The van der Waals surface area contributed by atoms with E-state index < -0.39 is 0 Å². The zero-order valence-corrected chi connectivity index (χ0v) is 10.6. The van der Waals surface area contributed by atoms with Crippen molar-refractivity contribution in [3.8, 4) is 0 Å². The first-order valence-corrected chi connectivity index (χ1v) is 6.24. The number of aromatic amines is 1. The molecule has 17 heavy (non-hydrogen) atoms. The van der Waals surface area contributed by atoms with Crippen LogP contribution in [0.25, 0.3) is 0 Å². The van der Waals surface area contributed by atoms with E-state index in [9.17, 15) is 4.79 Å². The lowest BCUT2D eigenvalue weighted by Crippen LogP contribution is -2.13. The van der Waals surface area contributed by atoms with Crippen LogP contribution in [0.3, 0.4) is 0 Å². The monoisotopic (exact) mass is 250 g/mol. The molecule has 0 aliphatic heterocycles. The zero-order valence-electron chi connectivity index (χ0n) is 9.78. The van der Waals surface area contributed by atoms with E-state index in [4.69, 9.17) is 0 Å². The summed E-state index contributed by atoms with van der Waals surface area (Å²) >= 11 is 1.63. The van der Waals surface area contributed by atoms with Crippen molar-refractivity contribution in [1.82, 2.24) is 15.0 Å². The SMILES string of the molecule is CCc1nc(NCc2cnc(C)s2)cc(=O)[nH]1. The molecule has 2 rings (SSSR count). The van der Waals surface area contributed by atoms with Crippen molar-refractivity contribution in [3.05, 3.63) is 38.3 Å². The predicted molar refractivity (Wildman–Crippen MR) is 68.4 cm³/mol. The van der Waals surface area contributed by atoms with Crippen molar-refractivity contribution in [3.63, 3.8) is 0 Å². The Hall–Kier alpha value is -1.69. The molecule has 0 amide bonds. The van der Waals surface area contributed by atoms with Gasteiger partial charge >= 0.3 is 0 Å². The molecule has 0 bridgehead atoms. The molecule has 2 heterocycles. The molecule has 5 nitrogen and oxygen atoms in total. The minimum absolute atomic E-state index is 0.125. The van der Waals surface area contributed by atoms with E-state index in [1.807, 2.05) is 20.0 Å². The van der Waals surface area contributed by atoms with Gasteiger partial charge < -0.3 is 10.3 Å². The maximum absolute atomic E-state index is 11.3. The van der Waals surface area contributed by atoms with Crippen LogP contribution in [-0.2, 0) is 13.0 Å². The van der Waals surface area contributed by atoms with Gasteiger partial charge in [0.2, 0.25) is 0 Å². The van der Waals surface area contributed by atoms with Crippen LogP contribution in [0, 0.1) is 6.92 Å². The second-order valence-corrected chi connectivity index (χ2v) is 4.95. The first-order valence-electron chi connectivity index (χ1n) is 5.43. The Morgan fingerprint density at radius 2 is 2.35 bits per heavy atom. The third kappa shape index (κ3) is 3.13. The molecular weight excluding hydrogens is 236 g/mol. The highest BCUT2D eigenvalue weighted by molar-refractivity contribution is 7.11. The van der Waals surface area contributed by atoms with Gasteiger partial charge in [-0.15, -0.1) is 11.3 Å². The van der Waals surface area contributed by atoms with Crippen LogP contribution in [-0.4, -0.2) is 15.0 Å². The van der Waals surface area contributed by atoms with Gasteiger partial charge in [-0.1, -0.05) is 6.92 Å². The molecule has 0 spiro atoms. The van der Waals surface area contributed by atoms with Crippen LogP contribution >= 0.6 is 11.3 Å². The first-order chi connectivity index (χ1) is 8.17. The zero-order chi connectivity index (χ0) is 12.3. The molecule has 90 valence electrons. The fraction of sp³-hybridized carbons (Fsp3) is 0.364. The summed E-state index contributed by atoms with van der Waals surface area (Å²) in [4.78, 5) is 23.6. The summed E-state index contributed by atoms with van der Waals surface area (Å²) in [5, 5.41) is 4.17. The Balaban J connectivity index is 2.08. The quantitative estimate of drug-likeness (QED) is 0.866. The second-order valence-electron chi connectivity index (χ2n) is 3.63. The Labute approximate surface area is 103 Å². The molecular formula is C11H14N4OS. The normalized spacial score (nSPS) is 10.5. The lowest BCUT2D eigenvalue weighted by Gasteiger charge is -2.04. The van der Waals surface area contributed by atoms with Crippen LogP contribution in [0.4, 0.5) is 5.82 Å². The molecule has 0 radical (unpaired) electrons. The summed E-state index contributed by atoms with van der Waals surface area (Å²) in [6.07, 6.45) is 2.55. The number of nitrogens with zero attached hydrogens (tertiary/aromatic N) is 2. The molecule has 0 aliphatic carbocycles. The number of anilines is 1. The first kappa shape index (κ1) is 11.8. The summed E-state index contributed by atoms with van der Waals surface area (Å²) in [6.45, 7) is 4.56. The van der Waals surface area contributed by atoms with Gasteiger partial charge in [-0.3, -0.25) is 4.79 Å². The van der Waals surface area contributed by atoms with Crippen molar-refractivity contribution >= 4 is 17.2 Å². The van der Waals surface area contributed by atoms with E-state index in [-0.39, 0.29) is 5.56 Å². The molecule has 2 aromatic heterocycles.